The van der Waals surface area contributed by atoms with E-state index >= 15 is 0 Å². The quantitative estimate of drug-likeness (QED) is 0.199. The van der Waals surface area contributed by atoms with E-state index in [1.807, 2.05) is 0 Å². The highest BCUT2D eigenvalue weighted by molar-refractivity contribution is 7.03. The van der Waals surface area contributed by atoms with Gasteiger partial charge < -0.3 is 0 Å². The summed E-state index contributed by atoms with van der Waals surface area (Å²) < 4.78 is 0. The zero-order valence-electron chi connectivity index (χ0n) is 24.3. The lowest BCUT2D eigenvalue weighted by molar-refractivity contribution is 1.21. The van der Waals surface area contributed by atoms with E-state index in [1.165, 1.54) is 49.1 Å². The molecule has 6 aromatic carbocycles. The van der Waals surface area contributed by atoms with Crippen LogP contribution in [0.25, 0.3) is 66.8 Å². The molecule has 1 aliphatic rings. The first kappa shape index (κ1) is 25.6. The summed E-state index contributed by atoms with van der Waals surface area (Å²) in [6, 6.07) is 52.0. The van der Waals surface area contributed by atoms with Crippen molar-refractivity contribution in [3.05, 3.63) is 146 Å². The average Bonchev–Trinajstić information content (AvgIpc) is 3.31. The van der Waals surface area contributed by atoms with Crippen molar-refractivity contribution >= 4 is 29.4 Å². The fourth-order valence-corrected chi connectivity index (χ4v) is 9.51. The molecule has 7 aromatic rings. The standard InChI is InChI=1S/C40H30N2Si/c1-43(2)35-24-23-28-15-9-10-22-34(28)36(35)37-38(29-16-7-4-8-17-29)41-39(42-40(37)43)33-21-12-20-32(26-33)31-19-11-18-30(25-31)27-13-5-3-6-14-27/h3-26H,1-2H3. The SMILES string of the molecule is C[Si]1(C)c2ccc3ccccc3c2-c2c(-c3ccccc3)nc(-c3cccc(-c4cccc(-c5ccccc5)c4)c3)nc21. The second-order valence-corrected chi connectivity index (χ2v) is 16.1. The van der Waals surface area contributed by atoms with Crippen LogP contribution in [0.15, 0.2) is 146 Å². The topological polar surface area (TPSA) is 25.8 Å². The summed E-state index contributed by atoms with van der Waals surface area (Å²) in [7, 11) is -2.10. The Morgan fingerprint density at radius 3 is 1.72 bits per heavy atom. The lowest BCUT2D eigenvalue weighted by atomic mass is 9.95. The third-order valence-electron chi connectivity index (χ3n) is 8.82. The second kappa shape index (κ2) is 10.0. The van der Waals surface area contributed by atoms with Gasteiger partial charge in [-0.25, -0.2) is 9.97 Å². The van der Waals surface area contributed by atoms with E-state index in [0.29, 0.717) is 0 Å². The molecule has 0 spiro atoms. The van der Waals surface area contributed by atoms with Gasteiger partial charge in [0.15, 0.2) is 5.82 Å². The molecule has 0 saturated heterocycles. The predicted molar refractivity (Wildman–Crippen MR) is 183 cm³/mol. The predicted octanol–water partition coefficient (Wildman–Crippen LogP) is 9.10. The number of hydrogen-bond donors (Lipinski definition) is 0. The Labute approximate surface area is 253 Å². The molecular formula is C40H30N2Si. The van der Waals surface area contributed by atoms with E-state index in [0.717, 1.165) is 28.2 Å². The number of fused-ring (bicyclic) bond motifs is 5. The highest BCUT2D eigenvalue weighted by atomic mass is 28.3. The smallest absolute Gasteiger partial charge is 0.159 e. The number of nitrogens with zero attached hydrogens (tertiary/aromatic N) is 2. The molecule has 1 aromatic heterocycles. The number of hydrogen-bond acceptors (Lipinski definition) is 2. The van der Waals surface area contributed by atoms with Gasteiger partial charge in [0.2, 0.25) is 0 Å². The zero-order chi connectivity index (χ0) is 29.0. The maximum absolute atomic E-state index is 5.43. The van der Waals surface area contributed by atoms with Gasteiger partial charge in [0, 0.05) is 22.0 Å². The fraction of sp³-hybridized carbons (Fsp3) is 0.0500. The molecule has 2 heterocycles. The molecule has 43 heavy (non-hydrogen) atoms. The van der Waals surface area contributed by atoms with E-state index in [2.05, 4.69) is 159 Å². The van der Waals surface area contributed by atoms with Crippen molar-refractivity contribution in [3.63, 3.8) is 0 Å². The van der Waals surface area contributed by atoms with Crippen LogP contribution in [0, 0.1) is 0 Å². The molecule has 0 bridgehead atoms. The first-order chi connectivity index (χ1) is 21.1. The minimum Gasteiger partial charge on any atom is -0.237 e. The summed E-state index contributed by atoms with van der Waals surface area (Å²) in [5.41, 5.74) is 10.5. The van der Waals surface area contributed by atoms with Crippen LogP contribution in [-0.2, 0) is 0 Å². The number of benzene rings is 6. The van der Waals surface area contributed by atoms with Gasteiger partial charge in [-0.15, -0.1) is 0 Å². The Balaban J connectivity index is 1.33. The van der Waals surface area contributed by atoms with Crippen LogP contribution in [0.2, 0.25) is 13.1 Å². The van der Waals surface area contributed by atoms with Crippen LogP contribution in [0.5, 0.6) is 0 Å². The van der Waals surface area contributed by atoms with Crippen LogP contribution in [0.1, 0.15) is 0 Å². The average molecular weight is 567 g/mol. The van der Waals surface area contributed by atoms with Crippen LogP contribution in [-0.4, -0.2) is 18.0 Å². The maximum atomic E-state index is 5.43. The van der Waals surface area contributed by atoms with Crippen molar-refractivity contribution < 1.29 is 0 Å². The first-order valence-corrected chi connectivity index (χ1v) is 17.8. The van der Waals surface area contributed by atoms with E-state index in [4.69, 9.17) is 9.97 Å². The summed E-state index contributed by atoms with van der Waals surface area (Å²) >= 11 is 0. The van der Waals surface area contributed by atoms with Crippen LogP contribution in [0.3, 0.4) is 0 Å². The van der Waals surface area contributed by atoms with Gasteiger partial charge >= 0.3 is 0 Å². The Morgan fingerprint density at radius 2 is 1.00 bits per heavy atom. The minimum atomic E-state index is -2.10. The van der Waals surface area contributed by atoms with Crippen LogP contribution in [0.4, 0.5) is 0 Å². The molecule has 0 amide bonds. The molecule has 3 heteroatoms. The van der Waals surface area contributed by atoms with Gasteiger partial charge in [0.25, 0.3) is 0 Å². The third kappa shape index (κ3) is 4.24. The Kier molecular flexibility index (Phi) is 5.95. The molecule has 2 nitrogen and oxygen atoms in total. The van der Waals surface area contributed by atoms with E-state index in [9.17, 15) is 0 Å². The highest BCUT2D eigenvalue weighted by Crippen LogP contribution is 2.40. The van der Waals surface area contributed by atoms with Crippen molar-refractivity contribution in [2.24, 2.45) is 0 Å². The molecule has 8 rings (SSSR count). The number of aromatic nitrogens is 2. The molecular weight excluding hydrogens is 537 g/mol. The molecule has 0 radical (unpaired) electrons. The summed E-state index contributed by atoms with van der Waals surface area (Å²) in [5.74, 6) is 0.788. The Bertz CT molecular complexity index is 2150. The minimum absolute atomic E-state index is 0.788. The van der Waals surface area contributed by atoms with Gasteiger partial charge in [-0.1, -0.05) is 147 Å². The van der Waals surface area contributed by atoms with Crippen molar-refractivity contribution in [2.45, 2.75) is 13.1 Å². The largest absolute Gasteiger partial charge is 0.237 e. The summed E-state index contributed by atoms with van der Waals surface area (Å²) in [5, 5.41) is 5.20. The number of rotatable bonds is 4. The van der Waals surface area contributed by atoms with E-state index in [1.54, 1.807) is 0 Å². The third-order valence-corrected chi connectivity index (χ3v) is 12.1. The molecule has 204 valence electrons. The van der Waals surface area contributed by atoms with Crippen LogP contribution >= 0.6 is 0 Å². The van der Waals surface area contributed by atoms with Crippen LogP contribution < -0.4 is 10.5 Å². The molecule has 0 fully saturated rings. The normalized spacial score (nSPS) is 13.1. The van der Waals surface area contributed by atoms with Gasteiger partial charge in [-0.3, -0.25) is 0 Å². The highest BCUT2D eigenvalue weighted by Gasteiger charge is 2.42. The second-order valence-electron chi connectivity index (χ2n) is 11.8. The lowest BCUT2D eigenvalue weighted by Gasteiger charge is -2.19. The first-order valence-electron chi connectivity index (χ1n) is 14.8. The maximum Gasteiger partial charge on any atom is 0.159 e. The summed E-state index contributed by atoms with van der Waals surface area (Å²) in [6.07, 6.45) is 0. The lowest BCUT2D eigenvalue weighted by Crippen LogP contribution is -2.50. The molecule has 1 aliphatic heterocycles. The molecule has 0 saturated carbocycles. The summed E-state index contributed by atoms with van der Waals surface area (Å²) in [6.45, 7) is 4.87. The Morgan fingerprint density at radius 1 is 0.442 bits per heavy atom. The molecule has 0 N–H and O–H groups in total. The van der Waals surface area contributed by atoms with Crippen molar-refractivity contribution in [3.8, 4) is 56.0 Å². The van der Waals surface area contributed by atoms with Crippen molar-refractivity contribution in [2.75, 3.05) is 0 Å². The van der Waals surface area contributed by atoms with E-state index < -0.39 is 8.07 Å². The molecule has 0 aliphatic carbocycles. The van der Waals surface area contributed by atoms with Gasteiger partial charge in [-0.2, -0.15) is 0 Å². The zero-order valence-corrected chi connectivity index (χ0v) is 25.3. The Hall–Kier alpha value is -5.12. The van der Waals surface area contributed by atoms with Crippen molar-refractivity contribution in [1.29, 1.82) is 0 Å². The van der Waals surface area contributed by atoms with E-state index in [-0.39, 0.29) is 0 Å². The van der Waals surface area contributed by atoms with Crippen molar-refractivity contribution in [1.82, 2.24) is 9.97 Å². The monoisotopic (exact) mass is 566 g/mol. The van der Waals surface area contributed by atoms with Gasteiger partial charge in [-0.05, 0) is 55.9 Å². The molecule has 0 atom stereocenters. The van der Waals surface area contributed by atoms with Gasteiger partial charge in [0.1, 0.15) is 8.07 Å². The van der Waals surface area contributed by atoms with Gasteiger partial charge in [0.05, 0.1) is 5.69 Å². The molecule has 0 unspecified atom stereocenters. The summed E-state index contributed by atoms with van der Waals surface area (Å²) in [4.78, 5) is 10.8. The fourth-order valence-electron chi connectivity index (χ4n) is 6.62.